The first-order chi connectivity index (χ1) is 42.3. The van der Waals surface area contributed by atoms with Gasteiger partial charge in [-0.25, -0.2) is 4.98 Å². The Morgan fingerprint density at radius 3 is 1.77 bits per heavy atom. The maximum absolute atomic E-state index is 9.60. The van der Waals surface area contributed by atoms with E-state index in [2.05, 4.69) is 20.8 Å². The lowest BCUT2D eigenvalue weighted by Crippen LogP contribution is -2.28. The lowest BCUT2D eigenvalue weighted by atomic mass is 9.60. The number of pyridine rings is 1. The maximum atomic E-state index is 9.60. The first kappa shape index (κ1) is 26.9. The van der Waals surface area contributed by atoms with E-state index in [1.54, 1.807) is 48.7 Å². The van der Waals surface area contributed by atoms with Crippen LogP contribution in [0.25, 0.3) is 49.9 Å². The molecular weight excluding hydrogens is 865 g/mol. The van der Waals surface area contributed by atoms with Crippen molar-refractivity contribution in [2.75, 3.05) is 16.5 Å². The van der Waals surface area contributed by atoms with Crippen LogP contribution in [0, 0.1) is 0 Å². The van der Waals surface area contributed by atoms with Gasteiger partial charge in [-0.2, -0.15) is 0 Å². The van der Waals surface area contributed by atoms with Gasteiger partial charge in [-0.1, -0.05) is 184 Å². The van der Waals surface area contributed by atoms with Crippen LogP contribution in [0.4, 0.5) is 22.7 Å². The van der Waals surface area contributed by atoms with Gasteiger partial charge in [0.25, 0.3) is 0 Å². The molecule has 4 aliphatic rings. The number of fused-ring (bicyclic) bond motifs is 4. The second kappa shape index (κ2) is 15.9. The van der Waals surface area contributed by atoms with E-state index in [9.17, 15) is 11.0 Å². The highest BCUT2D eigenvalue weighted by Crippen LogP contribution is 2.61. The normalized spacial score (nSPS) is 19.0. The highest BCUT2D eigenvalue weighted by atomic mass is 16.5. The number of anilines is 4. The lowest BCUT2D eigenvalue weighted by molar-refractivity contribution is 0.472. The highest BCUT2D eigenvalue weighted by molar-refractivity contribution is 6.13. The molecule has 5 heteroatoms. The minimum absolute atomic E-state index is 0.0477. The molecule has 0 unspecified atom stereocenters. The summed E-state index contributed by atoms with van der Waals surface area (Å²) in [6.45, 7) is 6.27. The van der Waals surface area contributed by atoms with Crippen LogP contribution in [0.3, 0.4) is 0 Å². The van der Waals surface area contributed by atoms with E-state index in [-0.39, 0.29) is 97.9 Å². The van der Waals surface area contributed by atoms with Gasteiger partial charge >= 0.3 is 0 Å². The number of nitrogens with zero attached hydrogens (tertiary/aromatic N) is 4. The third kappa shape index (κ3) is 6.42. The zero-order chi connectivity index (χ0) is 63.0. The molecule has 0 amide bonds. The van der Waals surface area contributed by atoms with Crippen LogP contribution in [0.15, 0.2) is 224 Å². The quantitative estimate of drug-likeness (QED) is 0.159. The van der Waals surface area contributed by atoms with Crippen LogP contribution in [0.1, 0.15) is 96.2 Å². The third-order valence-corrected chi connectivity index (χ3v) is 14.0. The van der Waals surface area contributed by atoms with E-state index < -0.39 is 96.4 Å². The molecule has 15 rings (SSSR count). The maximum Gasteiger partial charge on any atom is 0.137 e. The molecule has 3 aliphatic carbocycles. The predicted octanol–water partition coefficient (Wildman–Crippen LogP) is 16.8. The lowest BCUT2D eigenvalue weighted by Gasteiger charge is -2.43. The molecule has 2 aromatic heterocycles. The zero-order valence-corrected chi connectivity index (χ0v) is 38.5. The Kier molecular flexibility index (Phi) is 6.04. The summed E-state index contributed by atoms with van der Waals surface area (Å²) in [5.74, 6) is -1.28. The van der Waals surface area contributed by atoms with E-state index in [0.717, 1.165) is 16.5 Å². The van der Waals surface area contributed by atoms with Gasteiger partial charge in [0.2, 0.25) is 0 Å². The van der Waals surface area contributed by atoms with Gasteiger partial charge in [-0.15, -0.1) is 0 Å². The summed E-state index contributed by atoms with van der Waals surface area (Å²) >= 11 is 0. The topological polar surface area (TPSA) is 33.5 Å². The third-order valence-electron chi connectivity index (χ3n) is 14.0. The fraction of sp³-hybridized carbons (Fsp3) is 0.106. The average Bonchev–Trinajstić information content (AvgIpc) is 1.59. The smallest absolute Gasteiger partial charge is 0.137 e. The van der Waals surface area contributed by atoms with E-state index in [4.69, 9.17) is 23.4 Å². The van der Waals surface area contributed by atoms with E-state index in [1.165, 1.54) is 0 Å². The molecule has 0 radical (unpaired) electrons. The Hall–Kier alpha value is -8.67. The fourth-order valence-corrected chi connectivity index (χ4v) is 11.0. The molecular formula is C66H50N4O. The molecule has 1 aliphatic heterocycles. The first-order valence-corrected chi connectivity index (χ1v) is 23.3. The van der Waals surface area contributed by atoms with E-state index in [1.807, 2.05) is 81.1 Å². The van der Waals surface area contributed by atoms with Crippen LogP contribution < -0.4 is 14.5 Å². The van der Waals surface area contributed by atoms with Crippen molar-refractivity contribution in [1.82, 2.24) is 9.55 Å². The van der Waals surface area contributed by atoms with Gasteiger partial charge in [-0.05, 0) is 92.4 Å². The van der Waals surface area contributed by atoms with E-state index in [0.29, 0.717) is 44.9 Å². The molecule has 0 spiro atoms. The number of aromatic nitrogens is 2. The van der Waals surface area contributed by atoms with E-state index >= 15 is 0 Å². The van der Waals surface area contributed by atoms with Crippen LogP contribution in [-0.2, 0) is 5.41 Å². The standard InChI is InChI=1S/C66H50N4O/c1-66(2,3)44-36-37-67-59(38-44)70-54-33-15-14-30-53(54)62-57(70)40-58(63-60-49-26-10-12-28-51(49)61(64(62)63)52-29-13-11-27-50(52)60)71-46-25-18-24-45(39-46)68-41-69(56-35-17-16-34-55(56)68)65-47(42-20-6-4-7-21-42)31-19-32-48(65)43-22-8-5-9-23-43/h4-40,60-61H,41H2,1-3H3/i4D,5D,6D,7D,8D,9D,10D,11D,12D,13D,20D,21D,22D,23D,26D,27D,28D,29D. The first-order valence-electron chi connectivity index (χ1n) is 32.3. The summed E-state index contributed by atoms with van der Waals surface area (Å²) in [6.07, 6.45) is 1.75. The predicted molar refractivity (Wildman–Crippen MR) is 291 cm³/mol. The number of benzene rings is 9. The molecule has 71 heavy (non-hydrogen) atoms. The minimum Gasteiger partial charge on any atom is -0.457 e. The van der Waals surface area contributed by atoms with Crippen molar-refractivity contribution in [1.29, 1.82) is 0 Å². The van der Waals surface area contributed by atoms with Crippen molar-refractivity contribution < 1.29 is 29.4 Å². The largest absolute Gasteiger partial charge is 0.457 e. The van der Waals surface area contributed by atoms with Crippen molar-refractivity contribution in [2.24, 2.45) is 0 Å². The summed E-state index contributed by atoms with van der Waals surface area (Å²) in [4.78, 5) is 8.71. The summed E-state index contributed by atoms with van der Waals surface area (Å²) in [5, 5.41) is 1.43. The number of ether oxygens (including phenoxy) is 1. The summed E-state index contributed by atoms with van der Waals surface area (Å²) < 4.78 is 172. The second-order valence-electron chi connectivity index (χ2n) is 18.9. The number of para-hydroxylation sites is 4. The Labute approximate surface area is 439 Å². The molecule has 0 saturated carbocycles. The van der Waals surface area contributed by atoms with Crippen LogP contribution in [0.2, 0.25) is 0 Å². The Morgan fingerprint density at radius 1 is 0.549 bits per heavy atom. The molecule has 5 nitrogen and oxygen atoms in total. The van der Waals surface area contributed by atoms with Crippen molar-refractivity contribution >= 4 is 44.6 Å². The van der Waals surface area contributed by atoms with Gasteiger partial charge < -0.3 is 14.5 Å². The Bertz CT molecular complexity index is 4780. The van der Waals surface area contributed by atoms with Crippen molar-refractivity contribution in [2.45, 2.75) is 38.0 Å². The second-order valence-corrected chi connectivity index (χ2v) is 18.9. The Morgan fingerprint density at radius 2 is 1.13 bits per heavy atom. The minimum atomic E-state index is -1.20. The van der Waals surface area contributed by atoms with Gasteiger partial charge in [0.15, 0.2) is 0 Å². The zero-order valence-electron chi connectivity index (χ0n) is 56.5. The molecule has 0 saturated heterocycles. The molecule has 11 aromatic rings. The molecule has 3 heterocycles. The van der Waals surface area contributed by atoms with Gasteiger partial charge in [0.1, 0.15) is 24.0 Å². The summed E-state index contributed by atoms with van der Waals surface area (Å²) in [5.41, 5.74) is 5.63. The monoisotopic (exact) mass is 933 g/mol. The van der Waals surface area contributed by atoms with Crippen LogP contribution >= 0.6 is 0 Å². The fourth-order valence-electron chi connectivity index (χ4n) is 11.0. The average molecular weight is 933 g/mol. The van der Waals surface area contributed by atoms with Crippen molar-refractivity contribution in [3.63, 3.8) is 0 Å². The van der Waals surface area contributed by atoms with Crippen LogP contribution in [0.5, 0.6) is 11.5 Å². The van der Waals surface area contributed by atoms with Gasteiger partial charge in [0.05, 0.1) is 52.8 Å². The molecule has 0 N–H and O–H groups in total. The molecule has 9 aromatic carbocycles. The highest BCUT2D eigenvalue weighted by Gasteiger charge is 2.45. The van der Waals surface area contributed by atoms with Crippen molar-refractivity contribution in [3.8, 4) is 39.6 Å². The molecule has 2 bridgehead atoms. The number of hydrogen-bond acceptors (Lipinski definition) is 4. The Balaban J connectivity index is 1.00. The summed E-state index contributed by atoms with van der Waals surface area (Å²) in [7, 11) is 0. The molecule has 0 fully saturated rings. The summed E-state index contributed by atoms with van der Waals surface area (Å²) in [6, 6.07) is 23.8. The van der Waals surface area contributed by atoms with Crippen molar-refractivity contribution in [3.05, 3.63) is 263 Å². The number of rotatable bonds is 7. The number of hydrogen-bond donors (Lipinski definition) is 0. The van der Waals surface area contributed by atoms with Crippen LogP contribution in [-0.4, -0.2) is 16.2 Å². The molecule has 340 valence electrons. The van der Waals surface area contributed by atoms with Gasteiger partial charge in [-0.3, -0.25) is 4.57 Å². The molecule has 0 atom stereocenters. The SMILES string of the molecule is [2H]c1c([2H])c([2H])c(-c2cccc(-c3c([2H])c([2H])c([2H])c([2H])c3[2H])c2N2CN(c3cccc(Oc4cc5c(c6c4C4c7c([2H])c([2H])c([2H])c([2H])c7C6c6c([2H])c([2H])c([2H])c([2H])c64)c4ccccc4n5-c4cc(C(C)(C)C)ccn4)c3)c3ccccc32)c([2H])c1[2H]. The van der Waals surface area contributed by atoms with Gasteiger partial charge in [0, 0.05) is 63.3 Å².